The molecule has 0 radical (unpaired) electrons. The van der Waals surface area contributed by atoms with Crippen LogP contribution in [0.4, 0.5) is 0 Å². The van der Waals surface area contributed by atoms with Crippen molar-refractivity contribution in [2.75, 3.05) is 13.7 Å². The van der Waals surface area contributed by atoms with Gasteiger partial charge < -0.3 is 9.64 Å². The molecule has 22 heavy (non-hydrogen) atoms. The maximum atomic E-state index is 12.5. The summed E-state index contributed by atoms with van der Waals surface area (Å²) in [5.41, 5.74) is 3.01. The van der Waals surface area contributed by atoms with E-state index in [0.717, 1.165) is 12.0 Å². The number of aryl methyl sites for hydroxylation is 1. The SMILES string of the molecule is CCOc1cc(C(=O)N(C)Cc2ccc(CC)cc2)ccn1. The lowest BCUT2D eigenvalue weighted by atomic mass is 10.1. The van der Waals surface area contributed by atoms with Crippen LogP contribution in [0.15, 0.2) is 42.6 Å². The minimum Gasteiger partial charge on any atom is -0.478 e. The summed E-state index contributed by atoms with van der Waals surface area (Å²) in [5.74, 6) is 0.442. The lowest BCUT2D eigenvalue weighted by Crippen LogP contribution is -2.26. The summed E-state index contributed by atoms with van der Waals surface area (Å²) in [6, 6.07) is 11.7. The molecule has 0 spiro atoms. The molecule has 116 valence electrons. The second kappa shape index (κ2) is 7.59. The van der Waals surface area contributed by atoms with Crippen molar-refractivity contribution >= 4 is 5.91 Å². The van der Waals surface area contributed by atoms with Crippen molar-refractivity contribution < 1.29 is 9.53 Å². The highest BCUT2D eigenvalue weighted by Crippen LogP contribution is 2.13. The van der Waals surface area contributed by atoms with Gasteiger partial charge in [0.15, 0.2) is 0 Å². The second-order valence-electron chi connectivity index (χ2n) is 5.15. The van der Waals surface area contributed by atoms with E-state index in [0.29, 0.717) is 24.6 Å². The third-order valence-electron chi connectivity index (χ3n) is 3.47. The van der Waals surface area contributed by atoms with Crippen molar-refractivity contribution in [1.29, 1.82) is 0 Å². The van der Waals surface area contributed by atoms with Gasteiger partial charge in [-0.3, -0.25) is 4.79 Å². The molecule has 0 fully saturated rings. The molecule has 4 nitrogen and oxygen atoms in total. The summed E-state index contributed by atoms with van der Waals surface area (Å²) in [4.78, 5) is 18.3. The van der Waals surface area contributed by atoms with Crippen molar-refractivity contribution in [1.82, 2.24) is 9.88 Å². The Balaban J connectivity index is 2.06. The van der Waals surface area contributed by atoms with Gasteiger partial charge >= 0.3 is 0 Å². The van der Waals surface area contributed by atoms with Crippen LogP contribution in [0.1, 0.15) is 35.3 Å². The first-order valence-corrected chi connectivity index (χ1v) is 7.56. The summed E-state index contributed by atoms with van der Waals surface area (Å²) >= 11 is 0. The van der Waals surface area contributed by atoms with Gasteiger partial charge in [-0.05, 0) is 30.5 Å². The molecule has 2 rings (SSSR count). The van der Waals surface area contributed by atoms with Gasteiger partial charge in [-0.1, -0.05) is 31.2 Å². The molecular formula is C18H22N2O2. The van der Waals surface area contributed by atoms with E-state index in [1.54, 1.807) is 30.3 Å². The Bertz CT molecular complexity index is 623. The Kier molecular flexibility index (Phi) is 5.53. The first-order chi connectivity index (χ1) is 10.6. The van der Waals surface area contributed by atoms with Crippen LogP contribution < -0.4 is 4.74 Å². The van der Waals surface area contributed by atoms with Crippen LogP contribution in [0, 0.1) is 0 Å². The van der Waals surface area contributed by atoms with E-state index in [4.69, 9.17) is 4.74 Å². The number of pyridine rings is 1. The first-order valence-electron chi connectivity index (χ1n) is 7.56. The summed E-state index contributed by atoms with van der Waals surface area (Å²) in [5, 5.41) is 0. The second-order valence-corrected chi connectivity index (χ2v) is 5.15. The highest BCUT2D eigenvalue weighted by molar-refractivity contribution is 5.94. The molecule has 0 atom stereocenters. The average Bonchev–Trinajstić information content (AvgIpc) is 2.55. The minimum absolute atomic E-state index is 0.0390. The van der Waals surface area contributed by atoms with Gasteiger partial charge in [0.2, 0.25) is 5.88 Å². The Morgan fingerprint density at radius 1 is 1.14 bits per heavy atom. The van der Waals surface area contributed by atoms with E-state index >= 15 is 0 Å². The zero-order chi connectivity index (χ0) is 15.9. The number of hydrogen-bond donors (Lipinski definition) is 0. The summed E-state index contributed by atoms with van der Waals surface area (Å²) in [6.07, 6.45) is 2.62. The summed E-state index contributed by atoms with van der Waals surface area (Å²) in [7, 11) is 1.80. The fourth-order valence-corrected chi connectivity index (χ4v) is 2.22. The number of ether oxygens (including phenoxy) is 1. The fourth-order valence-electron chi connectivity index (χ4n) is 2.22. The maximum Gasteiger partial charge on any atom is 0.254 e. The zero-order valence-electron chi connectivity index (χ0n) is 13.4. The van der Waals surface area contributed by atoms with E-state index in [2.05, 4.69) is 36.2 Å². The largest absolute Gasteiger partial charge is 0.478 e. The van der Waals surface area contributed by atoms with Crippen LogP contribution in [0.25, 0.3) is 0 Å². The maximum absolute atomic E-state index is 12.5. The molecule has 4 heteroatoms. The predicted octanol–water partition coefficient (Wildman–Crippen LogP) is 3.31. The third kappa shape index (κ3) is 4.07. The molecule has 0 aliphatic heterocycles. The Morgan fingerprint density at radius 3 is 2.45 bits per heavy atom. The molecule has 1 heterocycles. The quantitative estimate of drug-likeness (QED) is 0.821. The highest BCUT2D eigenvalue weighted by Gasteiger charge is 2.13. The third-order valence-corrected chi connectivity index (χ3v) is 3.47. The predicted molar refractivity (Wildman–Crippen MR) is 87.0 cm³/mol. The number of aromatic nitrogens is 1. The number of carbonyl (C=O) groups is 1. The van der Waals surface area contributed by atoms with Gasteiger partial charge in [0.25, 0.3) is 5.91 Å². The van der Waals surface area contributed by atoms with E-state index < -0.39 is 0 Å². The van der Waals surface area contributed by atoms with E-state index in [-0.39, 0.29) is 5.91 Å². The van der Waals surface area contributed by atoms with Gasteiger partial charge in [0.1, 0.15) is 0 Å². The van der Waals surface area contributed by atoms with Crippen LogP contribution in [-0.2, 0) is 13.0 Å². The van der Waals surface area contributed by atoms with Crippen molar-refractivity contribution in [2.45, 2.75) is 26.8 Å². The first kappa shape index (κ1) is 16.0. The molecule has 1 aromatic heterocycles. The lowest BCUT2D eigenvalue weighted by molar-refractivity contribution is 0.0784. The molecule has 0 bridgehead atoms. The molecule has 2 aromatic rings. The highest BCUT2D eigenvalue weighted by atomic mass is 16.5. The van der Waals surface area contributed by atoms with Crippen LogP contribution in [0.5, 0.6) is 5.88 Å². The van der Waals surface area contributed by atoms with Gasteiger partial charge in [-0.25, -0.2) is 4.98 Å². The van der Waals surface area contributed by atoms with Crippen molar-refractivity contribution in [3.05, 3.63) is 59.3 Å². The van der Waals surface area contributed by atoms with Crippen molar-refractivity contribution in [3.63, 3.8) is 0 Å². The number of hydrogen-bond acceptors (Lipinski definition) is 3. The number of carbonyl (C=O) groups excluding carboxylic acids is 1. The Morgan fingerprint density at radius 2 is 1.82 bits per heavy atom. The van der Waals surface area contributed by atoms with Crippen LogP contribution in [-0.4, -0.2) is 29.4 Å². The van der Waals surface area contributed by atoms with Gasteiger partial charge in [-0.15, -0.1) is 0 Å². The summed E-state index contributed by atoms with van der Waals surface area (Å²) < 4.78 is 5.34. The topological polar surface area (TPSA) is 42.4 Å². The molecule has 0 aliphatic rings. The standard InChI is InChI=1S/C18H22N2O2/c1-4-14-6-8-15(9-7-14)13-20(3)18(21)16-10-11-19-17(12-16)22-5-2/h6-12H,4-5,13H2,1-3H3. The van der Waals surface area contributed by atoms with Crippen LogP contribution >= 0.6 is 0 Å². The van der Waals surface area contributed by atoms with E-state index in [1.807, 2.05) is 6.92 Å². The van der Waals surface area contributed by atoms with Gasteiger partial charge in [-0.2, -0.15) is 0 Å². The smallest absolute Gasteiger partial charge is 0.254 e. The average molecular weight is 298 g/mol. The van der Waals surface area contributed by atoms with E-state index in [1.165, 1.54) is 5.56 Å². The molecule has 0 aliphatic carbocycles. The van der Waals surface area contributed by atoms with Crippen molar-refractivity contribution in [2.24, 2.45) is 0 Å². The molecule has 1 aromatic carbocycles. The number of rotatable bonds is 6. The molecule has 0 saturated carbocycles. The molecule has 1 amide bonds. The molecule has 0 N–H and O–H groups in total. The number of nitrogens with zero attached hydrogens (tertiary/aromatic N) is 2. The Hall–Kier alpha value is -2.36. The molecular weight excluding hydrogens is 276 g/mol. The number of amides is 1. The van der Waals surface area contributed by atoms with Gasteiger partial charge in [0, 0.05) is 31.4 Å². The monoisotopic (exact) mass is 298 g/mol. The van der Waals surface area contributed by atoms with E-state index in [9.17, 15) is 4.79 Å². The normalized spacial score (nSPS) is 10.3. The summed E-state index contributed by atoms with van der Waals surface area (Å²) in [6.45, 7) is 5.13. The van der Waals surface area contributed by atoms with Gasteiger partial charge in [0.05, 0.1) is 6.61 Å². The Labute approximate surface area is 131 Å². The number of benzene rings is 1. The molecule has 0 saturated heterocycles. The molecule has 0 unspecified atom stereocenters. The fraction of sp³-hybridized carbons (Fsp3) is 0.333. The lowest BCUT2D eigenvalue weighted by Gasteiger charge is -2.18. The van der Waals surface area contributed by atoms with Crippen molar-refractivity contribution in [3.8, 4) is 5.88 Å². The zero-order valence-corrected chi connectivity index (χ0v) is 13.4. The minimum atomic E-state index is -0.0390. The van der Waals surface area contributed by atoms with Crippen LogP contribution in [0.3, 0.4) is 0 Å². The van der Waals surface area contributed by atoms with Crippen LogP contribution in [0.2, 0.25) is 0 Å².